The molecular formula is C19H19Cl2NO. The Balaban J connectivity index is 2.32. The molecule has 0 unspecified atom stereocenters. The maximum Gasteiger partial charge on any atom is 0.244 e. The smallest absolute Gasteiger partial charge is 0.244 e. The molecule has 0 heterocycles. The molecule has 2 aromatic rings. The van der Waals surface area contributed by atoms with Crippen molar-refractivity contribution in [2.45, 2.75) is 19.8 Å². The number of hydrogen-bond donors (Lipinski definition) is 1. The number of rotatable bonds is 6. The summed E-state index contributed by atoms with van der Waals surface area (Å²) in [5.41, 5.74) is 2.71. The van der Waals surface area contributed by atoms with Crippen LogP contribution in [0.15, 0.2) is 54.6 Å². The number of halogens is 2. The van der Waals surface area contributed by atoms with Crippen LogP contribution in [0, 0.1) is 0 Å². The second-order valence-electron chi connectivity index (χ2n) is 5.22. The van der Waals surface area contributed by atoms with Crippen LogP contribution in [0.4, 0.5) is 0 Å². The minimum Gasteiger partial charge on any atom is -0.353 e. The summed E-state index contributed by atoms with van der Waals surface area (Å²) in [4.78, 5) is 12.2. The molecule has 0 aromatic heterocycles. The van der Waals surface area contributed by atoms with Crippen molar-refractivity contribution in [2.75, 3.05) is 6.54 Å². The predicted molar refractivity (Wildman–Crippen MR) is 97.9 cm³/mol. The van der Waals surface area contributed by atoms with Gasteiger partial charge in [-0.15, -0.1) is 0 Å². The van der Waals surface area contributed by atoms with E-state index >= 15 is 0 Å². The number of carbonyl (C=O) groups excluding carboxylic acids is 1. The van der Waals surface area contributed by atoms with Crippen LogP contribution in [0.25, 0.3) is 5.57 Å². The third kappa shape index (κ3) is 5.42. The van der Waals surface area contributed by atoms with Crippen molar-refractivity contribution in [3.8, 4) is 0 Å². The molecule has 120 valence electrons. The lowest BCUT2D eigenvalue weighted by Gasteiger charge is -2.10. The van der Waals surface area contributed by atoms with Gasteiger partial charge in [-0.3, -0.25) is 4.79 Å². The number of carbonyl (C=O) groups is 1. The fourth-order valence-electron chi connectivity index (χ4n) is 2.16. The van der Waals surface area contributed by atoms with Crippen LogP contribution in [-0.4, -0.2) is 12.5 Å². The molecule has 0 aliphatic carbocycles. The highest BCUT2D eigenvalue weighted by Gasteiger charge is 2.08. The van der Waals surface area contributed by atoms with Crippen molar-refractivity contribution >= 4 is 34.7 Å². The molecule has 0 radical (unpaired) electrons. The first kappa shape index (κ1) is 17.6. The van der Waals surface area contributed by atoms with E-state index in [1.807, 2.05) is 48.5 Å². The summed E-state index contributed by atoms with van der Waals surface area (Å²) >= 11 is 11.9. The van der Waals surface area contributed by atoms with Crippen molar-refractivity contribution in [1.29, 1.82) is 0 Å². The van der Waals surface area contributed by atoms with Crippen LogP contribution in [0.3, 0.4) is 0 Å². The third-order valence-corrected chi connectivity index (χ3v) is 3.92. The van der Waals surface area contributed by atoms with E-state index in [0.29, 0.717) is 16.6 Å². The molecule has 0 aliphatic rings. The summed E-state index contributed by atoms with van der Waals surface area (Å²) in [5, 5.41) is 4.24. The zero-order valence-corrected chi connectivity index (χ0v) is 14.5. The van der Waals surface area contributed by atoms with Gasteiger partial charge in [0.2, 0.25) is 5.91 Å². The topological polar surface area (TPSA) is 29.1 Å². The first-order valence-electron chi connectivity index (χ1n) is 7.61. The maximum atomic E-state index is 12.2. The first-order valence-corrected chi connectivity index (χ1v) is 8.37. The molecule has 2 rings (SSSR count). The molecule has 2 nitrogen and oxygen atoms in total. The monoisotopic (exact) mass is 347 g/mol. The molecule has 4 heteroatoms. The Kier molecular flexibility index (Phi) is 6.69. The van der Waals surface area contributed by atoms with E-state index in [-0.39, 0.29) is 5.91 Å². The number of hydrogen-bond acceptors (Lipinski definition) is 1. The highest BCUT2D eigenvalue weighted by atomic mass is 35.5. The Hall–Kier alpha value is -1.77. The minimum absolute atomic E-state index is 0.0988. The second kappa shape index (κ2) is 8.76. The summed E-state index contributed by atoms with van der Waals surface area (Å²) in [6.07, 6.45) is 3.64. The van der Waals surface area contributed by atoms with Gasteiger partial charge in [0.05, 0.1) is 0 Å². The van der Waals surface area contributed by atoms with E-state index in [2.05, 4.69) is 12.2 Å². The Bertz CT molecular complexity index is 628. The standard InChI is InChI=1S/C19H19Cl2NO/c1-2-3-12-22-19(23)13-18(14-4-8-16(20)9-5-14)15-6-10-17(21)11-7-15/h4-11,13H,2-3,12H2,1H3,(H,22,23). The van der Waals surface area contributed by atoms with E-state index < -0.39 is 0 Å². The number of benzene rings is 2. The maximum absolute atomic E-state index is 12.2. The molecule has 2 aromatic carbocycles. The Morgan fingerprint density at radius 3 is 1.87 bits per heavy atom. The molecule has 1 N–H and O–H groups in total. The van der Waals surface area contributed by atoms with Crippen LogP contribution in [0.2, 0.25) is 10.0 Å². The summed E-state index contributed by atoms with van der Waals surface area (Å²) in [7, 11) is 0. The first-order chi connectivity index (χ1) is 11.1. The number of unbranched alkanes of at least 4 members (excludes halogenated alkanes) is 1. The van der Waals surface area contributed by atoms with Crippen molar-refractivity contribution in [3.05, 3.63) is 75.8 Å². The fourth-order valence-corrected chi connectivity index (χ4v) is 2.41. The van der Waals surface area contributed by atoms with Gasteiger partial charge >= 0.3 is 0 Å². The highest BCUT2D eigenvalue weighted by Crippen LogP contribution is 2.26. The summed E-state index contributed by atoms with van der Waals surface area (Å²) in [6.45, 7) is 2.77. The molecule has 0 saturated heterocycles. The molecule has 0 saturated carbocycles. The Morgan fingerprint density at radius 1 is 0.957 bits per heavy atom. The molecule has 0 aliphatic heterocycles. The van der Waals surface area contributed by atoms with Crippen molar-refractivity contribution in [2.24, 2.45) is 0 Å². The van der Waals surface area contributed by atoms with E-state index in [1.165, 1.54) is 0 Å². The van der Waals surface area contributed by atoms with Gasteiger partial charge in [0.15, 0.2) is 0 Å². The zero-order chi connectivity index (χ0) is 16.7. The lowest BCUT2D eigenvalue weighted by atomic mass is 9.97. The lowest BCUT2D eigenvalue weighted by molar-refractivity contribution is -0.116. The average molecular weight is 348 g/mol. The largest absolute Gasteiger partial charge is 0.353 e. The number of nitrogens with one attached hydrogen (secondary N) is 1. The summed E-state index contributed by atoms with van der Waals surface area (Å²) in [5.74, 6) is -0.0988. The van der Waals surface area contributed by atoms with Gasteiger partial charge in [-0.1, -0.05) is 60.8 Å². The predicted octanol–water partition coefficient (Wildman–Crippen LogP) is 5.34. The van der Waals surface area contributed by atoms with E-state index in [1.54, 1.807) is 6.08 Å². The van der Waals surface area contributed by atoms with Crippen LogP contribution < -0.4 is 5.32 Å². The minimum atomic E-state index is -0.0988. The van der Waals surface area contributed by atoms with E-state index in [0.717, 1.165) is 29.5 Å². The lowest BCUT2D eigenvalue weighted by Crippen LogP contribution is -2.22. The van der Waals surface area contributed by atoms with E-state index in [4.69, 9.17) is 23.2 Å². The summed E-state index contributed by atoms with van der Waals surface area (Å²) < 4.78 is 0. The third-order valence-electron chi connectivity index (χ3n) is 3.42. The Morgan fingerprint density at radius 2 is 1.43 bits per heavy atom. The number of amides is 1. The molecular weight excluding hydrogens is 329 g/mol. The average Bonchev–Trinajstić information content (AvgIpc) is 2.55. The van der Waals surface area contributed by atoms with Gasteiger partial charge in [0.25, 0.3) is 0 Å². The Labute approximate surface area is 147 Å². The molecule has 1 amide bonds. The molecule has 23 heavy (non-hydrogen) atoms. The van der Waals surface area contributed by atoms with Gasteiger partial charge in [-0.2, -0.15) is 0 Å². The molecule has 0 bridgehead atoms. The van der Waals surface area contributed by atoms with Crippen LogP contribution in [0.1, 0.15) is 30.9 Å². The van der Waals surface area contributed by atoms with Crippen molar-refractivity contribution < 1.29 is 4.79 Å². The molecule has 0 atom stereocenters. The van der Waals surface area contributed by atoms with E-state index in [9.17, 15) is 4.79 Å². The normalized spacial score (nSPS) is 10.2. The summed E-state index contributed by atoms with van der Waals surface area (Å²) in [6, 6.07) is 14.9. The van der Waals surface area contributed by atoms with Crippen molar-refractivity contribution in [1.82, 2.24) is 5.32 Å². The van der Waals surface area contributed by atoms with Crippen LogP contribution >= 0.6 is 23.2 Å². The van der Waals surface area contributed by atoms with Crippen LogP contribution in [0.5, 0.6) is 0 Å². The molecule has 0 spiro atoms. The molecule has 0 fully saturated rings. The van der Waals surface area contributed by atoms with Gasteiger partial charge in [-0.05, 0) is 47.4 Å². The fraction of sp³-hybridized carbons (Fsp3) is 0.211. The SMILES string of the molecule is CCCCNC(=O)C=C(c1ccc(Cl)cc1)c1ccc(Cl)cc1. The zero-order valence-electron chi connectivity index (χ0n) is 13.0. The highest BCUT2D eigenvalue weighted by molar-refractivity contribution is 6.31. The van der Waals surface area contributed by atoms with Crippen molar-refractivity contribution in [3.63, 3.8) is 0 Å². The quantitative estimate of drug-likeness (QED) is 0.554. The van der Waals surface area contributed by atoms with Gasteiger partial charge in [0.1, 0.15) is 0 Å². The van der Waals surface area contributed by atoms with Crippen LogP contribution in [-0.2, 0) is 4.79 Å². The van der Waals surface area contributed by atoms with Gasteiger partial charge < -0.3 is 5.32 Å². The second-order valence-corrected chi connectivity index (χ2v) is 6.09. The van der Waals surface area contributed by atoms with Gasteiger partial charge in [0, 0.05) is 22.7 Å². The van der Waals surface area contributed by atoms with Gasteiger partial charge in [-0.25, -0.2) is 0 Å².